The molecule has 0 saturated carbocycles. The predicted octanol–water partition coefficient (Wildman–Crippen LogP) is 11.9. The number of fused-ring (bicyclic) bond motifs is 6. The number of rotatable bonds is 3. The fraction of sp³-hybridized carbons (Fsp3) is 0.0476. The summed E-state index contributed by atoms with van der Waals surface area (Å²) >= 11 is 0. The molecule has 1 heteroatoms. The Morgan fingerprint density at radius 2 is 1.07 bits per heavy atom. The van der Waals surface area contributed by atoms with Crippen molar-refractivity contribution in [2.24, 2.45) is 0 Å². The molecule has 0 atom stereocenters. The van der Waals surface area contributed by atoms with Gasteiger partial charge in [-0.1, -0.05) is 133 Å². The molecule has 0 radical (unpaired) electrons. The van der Waals surface area contributed by atoms with Gasteiger partial charge in [-0.2, -0.15) is 0 Å². The zero-order valence-electron chi connectivity index (χ0n) is 23.7. The number of para-hydroxylation sites is 1. The minimum atomic E-state index is 0.931. The molecule has 0 N–H and O–H groups in total. The third-order valence-electron chi connectivity index (χ3n) is 9.16. The lowest BCUT2D eigenvalue weighted by Gasteiger charge is -2.25. The maximum Gasteiger partial charge on any atom is 0.136 e. The van der Waals surface area contributed by atoms with Crippen molar-refractivity contribution in [3.8, 4) is 33.4 Å². The van der Waals surface area contributed by atoms with Crippen LogP contribution in [0.25, 0.3) is 82.9 Å². The lowest BCUT2D eigenvalue weighted by atomic mass is 9.78. The zero-order valence-corrected chi connectivity index (χ0v) is 23.7. The molecule has 8 aromatic rings. The first-order valence-electron chi connectivity index (χ1n) is 15.1. The fourth-order valence-electron chi connectivity index (χ4n) is 7.35. The third-order valence-corrected chi connectivity index (χ3v) is 9.16. The minimum absolute atomic E-state index is 0.931. The van der Waals surface area contributed by atoms with E-state index in [1.54, 1.807) is 0 Å². The molecule has 9 rings (SSSR count). The quantitative estimate of drug-likeness (QED) is 0.214. The van der Waals surface area contributed by atoms with E-state index in [9.17, 15) is 0 Å². The molecule has 0 bridgehead atoms. The van der Waals surface area contributed by atoms with Crippen LogP contribution < -0.4 is 0 Å². The van der Waals surface area contributed by atoms with E-state index in [0.29, 0.717) is 0 Å². The first-order valence-corrected chi connectivity index (χ1v) is 15.1. The highest BCUT2D eigenvalue weighted by Gasteiger charge is 2.24. The summed E-state index contributed by atoms with van der Waals surface area (Å²) in [6, 6.07) is 48.2. The largest absolute Gasteiger partial charge is 0.456 e. The van der Waals surface area contributed by atoms with Gasteiger partial charge in [-0.15, -0.1) is 0 Å². The Morgan fingerprint density at radius 1 is 0.442 bits per heavy atom. The molecule has 1 aliphatic rings. The van der Waals surface area contributed by atoms with Crippen LogP contribution in [0.15, 0.2) is 144 Å². The summed E-state index contributed by atoms with van der Waals surface area (Å²) < 4.78 is 6.34. The van der Waals surface area contributed by atoms with Crippen molar-refractivity contribution in [2.45, 2.75) is 12.8 Å². The molecule has 0 aliphatic heterocycles. The molecule has 202 valence electrons. The minimum Gasteiger partial charge on any atom is -0.456 e. The molecule has 0 spiro atoms. The highest BCUT2D eigenvalue weighted by molar-refractivity contribution is 6.20. The maximum absolute atomic E-state index is 6.34. The van der Waals surface area contributed by atoms with Crippen LogP contribution in [0, 0.1) is 0 Å². The van der Waals surface area contributed by atoms with Crippen LogP contribution in [0.1, 0.15) is 17.5 Å². The van der Waals surface area contributed by atoms with Gasteiger partial charge in [0.15, 0.2) is 0 Å². The Kier molecular flexibility index (Phi) is 5.39. The zero-order chi connectivity index (χ0) is 28.3. The van der Waals surface area contributed by atoms with Crippen molar-refractivity contribution in [3.63, 3.8) is 0 Å². The lowest BCUT2D eigenvalue weighted by Crippen LogP contribution is -2.03. The van der Waals surface area contributed by atoms with Crippen LogP contribution >= 0.6 is 0 Å². The van der Waals surface area contributed by atoms with Gasteiger partial charge in [-0.05, 0) is 91.0 Å². The van der Waals surface area contributed by atoms with E-state index in [2.05, 4.69) is 140 Å². The van der Waals surface area contributed by atoms with Crippen molar-refractivity contribution in [1.82, 2.24) is 0 Å². The Balaban J connectivity index is 1.40. The number of furan rings is 1. The van der Waals surface area contributed by atoms with Gasteiger partial charge >= 0.3 is 0 Å². The van der Waals surface area contributed by atoms with Crippen molar-refractivity contribution in [1.29, 1.82) is 0 Å². The Hall–Kier alpha value is -5.40. The van der Waals surface area contributed by atoms with Gasteiger partial charge in [0.1, 0.15) is 11.2 Å². The molecule has 1 aliphatic carbocycles. The molecular formula is C42H28O. The van der Waals surface area contributed by atoms with Gasteiger partial charge in [-0.25, -0.2) is 0 Å². The fourth-order valence-corrected chi connectivity index (χ4v) is 7.35. The Labute approximate surface area is 250 Å². The number of hydrogen-bond acceptors (Lipinski definition) is 1. The van der Waals surface area contributed by atoms with Gasteiger partial charge in [-0.3, -0.25) is 0 Å². The monoisotopic (exact) mass is 548 g/mol. The van der Waals surface area contributed by atoms with E-state index in [4.69, 9.17) is 4.42 Å². The second-order valence-electron chi connectivity index (χ2n) is 11.5. The second kappa shape index (κ2) is 9.58. The SMILES string of the molecule is C1=Cc2c(c(-c3ccc(-c4ccccc4)c4ccccc34)c3ccccc3c2-c2cccc3oc4ccccc4c23)CC1. The van der Waals surface area contributed by atoms with Crippen LogP contribution in [0.4, 0.5) is 0 Å². The molecule has 1 aromatic heterocycles. The van der Waals surface area contributed by atoms with E-state index in [1.807, 2.05) is 6.07 Å². The summed E-state index contributed by atoms with van der Waals surface area (Å²) in [6.45, 7) is 0. The highest BCUT2D eigenvalue weighted by Crippen LogP contribution is 2.49. The Bertz CT molecular complexity index is 2390. The average Bonchev–Trinajstić information content (AvgIpc) is 3.46. The molecule has 43 heavy (non-hydrogen) atoms. The molecule has 1 nitrogen and oxygen atoms in total. The van der Waals surface area contributed by atoms with Crippen molar-refractivity contribution in [2.75, 3.05) is 0 Å². The Morgan fingerprint density at radius 3 is 1.88 bits per heavy atom. The molecule has 7 aromatic carbocycles. The first-order chi connectivity index (χ1) is 21.4. The number of benzene rings is 7. The lowest BCUT2D eigenvalue weighted by molar-refractivity contribution is 0.669. The molecule has 1 heterocycles. The molecule has 0 fully saturated rings. The smallest absolute Gasteiger partial charge is 0.136 e. The van der Waals surface area contributed by atoms with Crippen molar-refractivity contribution in [3.05, 3.63) is 151 Å². The maximum atomic E-state index is 6.34. The topological polar surface area (TPSA) is 13.1 Å². The molecule has 0 amide bonds. The van der Waals surface area contributed by atoms with Gasteiger partial charge in [0, 0.05) is 10.8 Å². The van der Waals surface area contributed by atoms with Gasteiger partial charge in [0.2, 0.25) is 0 Å². The van der Waals surface area contributed by atoms with Crippen LogP contribution in [-0.2, 0) is 6.42 Å². The summed E-state index contributed by atoms with van der Waals surface area (Å²) in [7, 11) is 0. The molecule has 0 unspecified atom stereocenters. The van der Waals surface area contributed by atoms with E-state index >= 15 is 0 Å². The van der Waals surface area contributed by atoms with Crippen molar-refractivity contribution >= 4 is 49.6 Å². The van der Waals surface area contributed by atoms with E-state index in [1.165, 1.54) is 71.4 Å². The normalized spacial score (nSPS) is 12.8. The highest BCUT2D eigenvalue weighted by atomic mass is 16.3. The standard InChI is InChI=1S/C42H28O/c1-2-13-27(14-3-1)28-25-26-35(30-16-5-4-15-29(28)30)40-31-17-6-8-19-33(31)41(34-20-9-7-18-32(34)40)37-22-12-24-39-42(37)36-21-10-11-23-38(36)43-39/h1-6,8-17,19-26H,7,18H2. The van der Waals surface area contributed by atoms with Crippen LogP contribution in [0.5, 0.6) is 0 Å². The average molecular weight is 549 g/mol. The van der Waals surface area contributed by atoms with E-state index in [0.717, 1.165) is 29.4 Å². The van der Waals surface area contributed by atoms with Crippen LogP contribution in [-0.4, -0.2) is 0 Å². The second-order valence-corrected chi connectivity index (χ2v) is 11.5. The number of allylic oxidation sites excluding steroid dienone is 1. The van der Waals surface area contributed by atoms with Gasteiger partial charge in [0.25, 0.3) is 0 Å². The van der Waals surface area contributed by atoms with Crippen molar-refractivity contribution < 1.29 is 4.42 Å². The summed E-state index contributed by atoms with van der Waals surface area (Å²) in [5.74, 6) is 0. The van der Waals surface area contributed by atoms with Crippen LogP contribution in [0.2, 0.25) is 0 Å². The van der Waals surface area contributed by atoms with Gasteiger partial charge < -0.3 is 4.42 Å². The molecule has 0 saturated heterocycles. The van der Waals surface area contributed by atoms with Crippen LogP contribution in [0.3, 0.4) is 0 Å². The molecular weight excluding hydrogens is 520 g/mol. The third kappa shape index (κ3) is 3.65. The summed E-state index contributed by atoms with van der Waals surface area (Å²) in [5.41, 5.74) is 12.3. The summed E-state index contributed by atoms with van der Waals surface area (Å²) in [4.78, 5) is 0. The summed E-state index contributed by atoms with van der Waals surface area (Å²) in [5, 5.41) is 7.51. The number of hydrogen-bond donors (Lipinski definition) is 0. The first kappa shape index (κ1) is 24.2. The predicted molar refractivity (Wildman–Crippen MR) is 182 cm³/mol. The summed E-state index contributed by atoms with van der Waals surface area (Å²) in [6.07, 6.45) is 6.76. The van der Waals surface area contributed by atoms with E-state index in [-0.39, 0.29) is 0 Å². The van der Waals surface area contributed by atoms with Gasteiger partial charge in [0.05, 0.1) is 0 Å². The van der Waals surface area contributed by atoms with E-state index < -0.39 is 0 Å².